The molecule has 0 saturated carbocycles. The Morgan fingerprint density at radius 3 is 3.00 bits per heavy atom. The third kappa shape index (κ3) is 4.45. The Morgan fingerprint density at radius 1 is 1.56 bits per heavy atom. The lowest BCUT2D eigenvalue weighted by molar-refractivity contribution is 0.161. The van der Waals surface area contributed by atoms with Crippen molar-refractivity contribution in [1.82, 2.24) is 9.88 Å². The van der Waals surface area contributed by atoms with Crippen LogP contribution in [0.3, 0.4) is 0 Å². The SMILES string of the molecule is C/C=C/N(C)CCC[C@@H](O)c1cccnc1. The summed E-state index contributed by atoms with van der Waals surface area (Å²) in [7, 11) is 2.04. The van der Waals surface area contributed by atoms with Gasteiger partial charge in [0.2, 0.25) is 0 Å². The molecule has 0 aliphatic heterocycles. The molecule has 1 aromatic rings. The molecule has 1 N–H and O–H groups in total. The van der Waals surface area contributed by atoms with E-state index in [1.165, 1.54) is 0 Å². The smallest absolute Gasteiger partial charge is 0.0805 e. The number of nitrogens with zero attached hydrogens (tertiary/aromatic N) is 2. The summed E-state index contributed by atoms with van der Waals surface area (Å²) < 4.78 is 0. The van der Waals surface area contributed by atoms with E-state index in [1.807, 2.05) is 38.4 Å². The highest BCUT2D eigenvalue weighted by atomic mass is 16.3. The van der Waals surface area contributed by atoms with Gasteiger partial charge in [0.05, 0.1) is 6.10 Å². The molecule has 0 aromatic carbocycles. The number of aromatic nitrogens is 1. The number of aliphatic hydroxyl groups excluding tert-OH is 1. The van der Waals surface area contributed by atoms with E-state index in [0.717, 1.165) is 24.9 Å². The van der Waals surface area contributed by atoms with E-state index in [1.54, 1.807) is 12.4 Å². The molecule has 0 bridgehead atoms. The number of rotatable bonds is 6. The summed E-state index contributed by atoms with van der Waals surface area (Å²) in [6, 6.07) is 3.76. The van der Waals surface area contributed by atoms with E-state index in [9.17, 15) is 5.11 Å². The lowest BCUT2D eigenvalue weighted by Crippen LogP contribution is -2.13. The number of aliphatic hydroxyl groups is 1. The van der Waals surface area contributed by atoms with Crippen LogP contribution in [-0.4, -0.2) is 28.6 Å². The summed E-state index contributed by atoms with van der Waals surface area (Å²) >= 11 is 0. The molecule has 3 nitrogen and oxygen atoms in total. The Kier molecular flexibility index (Phi) is 5.57. The predicted molar refractivity (Wildman–Crippen MR) is 65.9 cm³/mol. The predicted octanol–water partition coefficient (Wildman–Crippen LogP) is 2.36. The molecule has 0 aliphatic carbocycles. The van der Waals surface area contributed by atoms with Crippen LogP contribution in [0.4, 0.5) is 0 Å². The molecule has 88 valence electrons. The van der Waals surface area contributed by atoms with E-state index in [0.29, 0.717) is 0 Å². The van der Waals surface area contributed by atoms with Crippen molar-refractivity contribution in [2.75, 3.05) is 13.6 Å². The van der Waals surface area contributed by atoms with Crippen molar-refractivity contribution in [3.8, 4) is 0 Å². The van der Waals surface area contributed by atoms with Crippen LogP contribution in [0.1, 0.15) is 31.4 Å². The van der Waals surface area contributed by atoms with Crippen LogP contribution in [0, 0.1) is 0 Å². The summed E-state index contributed by atoms with van der Waals surface area (Å²) in [6.45, 7) is 2.96. The number of hydrogen-bond acceptors (Lipinski definition) is 3. The van der Waals surface area contributed by atoms with Crippen LogP contribution in [-0.2, 0) is 0 Å². The van der Waals surface area contributed by atoms with Gasteiger partial charge in [-0.15, -0.1) is 0 Å². The maximum atomic E-state index is 9.89. The highest BCUT2D eigenvalue weighted by Crippen LogP contribution is 2.16. The Morgan fingerprint density at radius 2 is 2.38 bits per heavy atom. The first-order valence-corrected chi connectivity index (χ1v) is 5.65. The molecule has 0 saturated heterocycles. The van der Waals surface area contributed by atoms with Gasteiger partial charge in [0.25, 0.3) is 0 Å². The van der Waals surface area contributed by atoms with Crippen LogP contribution in [0.15, 0.2) is 36.8 Å². The summed E-state index contributed by atoms with van der Waals surface area (Å²) in [4.78, 5) is 6.12. The molecule has 1 atom stereocenters. The molecule has 0 amide bonds. The van der Waals surface area contributed by atoms with Gasteiger partial charge in [-0.2, -0.15) is 0 Å². The maximum Gasteiger partial charge on any atom is 0.0805 e. The lowest BCUT2D eigenvalue weighted by atomic mass is 10.1. The van der Waals surface area contributed by atoms with Crippen molar-refractivity contribution in [1.29, 1.82) is 0 Å². The molecule has 1 aromatic heterocycles. The second-order valence-electron chi connectivity index (χ2n) is 3.91. The highest BCUT2D eigenvalue weighted by Gasteiger charge is 2.06. The van der Waals surface area contributed by atoms with Gasteiger partial charge in [0, 0.05) is 26.0 Å². The van der Waals surface area contributed by atoms with Gasteiger partial charge < -0.3 is 10.0 Å². The average molecular weight is 220 g/mol. The Balaban J connectivity index is 2.28. The Hall–Kier alpha value is -1.35. The molecule has 1 heterocycles. The van der Waals surface area contributed by atoms with Crippen molar-refractivity contribution in [2.24, 2.45) is 0 Å². The van der Waals surface area contributed by atoms with Crippen molar-refractivity contribution < 1.29 is 5.11 Å². The number of pyridine rings is 1. The fourth-order valence-electron chi connectivity index (χ4n) is 1.60. The molecular weight excluding hydrogens is 200 g/mol. The topological polar surface area (TPSA) is 36.4 Å². The van der Waals surface area contributed by atoms with Crippen LogP contribution < -0.4 is 0 Å². The second kappa shape index (κ2) is 7.01. The van der Waals surface area contributed by atoms with Crippen LogP contribution >= 0.6 is 0 Å². The third-order valence-electron chi connectivity index (χ3n) is 2.46. The van der Waals surface area contributed by atoms with Gasteiger partial charge in [0.15, 0.2) is 0 Å². The van der Waals surface area contributed by atoms with Crippen molar-refractivity contribution >= 4 is 0 Å². The van der Waals surface area contributed by atoms with Gasteiger partial charge in [-0.05, 0) is 37.6 Å². The van der Waals surface area contributed by atoms with Crippen LogP contribution in [0.5, 0.6) is 0 Å². The van der Waals surface area contributed by atoms with Crippen molar-refractivity contribution in [2.45, 2.75) is 25.9 Å². The number of allylic oxidation sites excluding steroid dienone is 1. The van der Waals surface area contributed by atoms with Gasteiger partial charge in [-0.25, -0.2) is 0 Å². The highest BCUT2D eigenvalue weighted by molar-refractivity contribution is 5.11. The van der Waals surface area contributed by atoms with Gasteiger partial charge >= 0.3 is 0 Å². The fraction of sp³-hybridized carbons (Fsp3) is 0.462. The summed E-state index contributed by atoms with van der Waals surface area (Å²) in [5.74, 6) is 0. The Labute approximate surface area is 97.4 Å². The first kappa shape index (κ1) is 12.7. The molecule has 0 radical (unpaired) electrons. The van der Waals surface area contributed by atoms with E-state index >= 15 is 0 Å². The van der Waals surface area contributed by atoms with Gasteiger partial charge in [0.1, 0.15) is 0 Å². The molecule has 16 heavy (non-hydrogen) atoms. The largest absolute Gasteiger partial charge is 0.388 e. The van der Waals surface area contributed by atoms with E-state index in [-0.39, 0.29) is 0 Å². The molecule has 0 aliphatic rings. The molecular formula is C13H20N2O. The molecule has 0 spiro atoms. The van der Waals surface area contributed by atoms with Crippen LogP contribution in [0.2, 0.25) is 0 Å². The molecule has 0 unspecified atom stereocenters. The lowest BCUT2D eigenvalue weighted by Gasteiger charge is -2.15. The number of hydrogen-bond donors (Lipinski definition) is 1. The van der Waals surface area contributed by atoms with E-state index < -0.39 is 6.10 Å². The van der Waals surface area contributed by atoms with E-state index in [2.05, 4.69) is 9.88 Å². The Bertz CT molecular complexity index is 311. The normalized spacial score (nSPS) is 12.9. The van der Waals surface area contributed by atoms with E-state index in [4.69, 9.17) is 0 Å². The molecule has 1 rings (SSSR count). The quantitative estimate of drug-likeness (QED) is 0.799. The second-order valence-corrected chi connectivity index (χ2v) is 3.91. The maximum absolute atomic E-state index is 9.89. The van der Waals surface area contributed by atoms with Crippen molar-refractivity contribution in [3.05, 3.63) is 42.4 Å². The monoisotopic (exact) mass is 220 g/mol. The zero-order valence-corrected chi connectivity index (χ0v) is 10.0. The zero-order valence-electron chi connectivity index (χ0n) is 10.0. The molecule has 3 heteroatoms. The van der Waals surface area contributed by atoms with Crippen molar-refractivity contribution in [3.63, 3.8) is 0 Å². The minimum Gasteiger partial charge on any atom is -0.388 e. The average Bonchev–Trinajstić information content (AvgIpc) is 2.30. The first-order valence-electron chi connectivity index (χ1n) is 5.65. The fourth-order valence-corrected chi connectivity index (χ4v) is 1.60. The van der Waals surface area contributed by atoms with Crippen LogP contribution in [0.25, 0.3) is 0 Å². The first-order chi connectivity index (χ1) is 7.74. The zero-order chi connectivity index (χ0) is 11.8. The third-order valence-corrected chi connectivity index (χ3v) is 2.46. The minimum atomic E-state index is -0.396. The minimum absolute atomic E-state index is 0.396. The molecule has 0 fully saturated rings. The summed E-state index contributed by atoms with van der Waals surface area (Å²) in [5.41, 5.74) is 0.899. The summed E-state index contributed by atoms with van der Waals surface area (Å²) in [5, 5.41) is 9.89. The standard InChI is InChI=1S/C13H20N2O/c1-3-9-15(2)10-5-7-13(16)12-6-4-8-14-11-12/h3-4,6,8-9,11,13,16H,5,7,10H2,1-2H3/b9-3+/t13-/m1/s1. The van der Waals surface area contributed by atoms with Gasteiger partial charge in [-0.3, -0.25) is 4.98 Å². The summed E-state index contributed by atoms with van der Waals surface area (Å²) in [6.07, 6.45) is 8.84. The van der Waals surface area contributed by atoms with Gasteiger partial charge in [-0.1, -0.05) is 12.1 Å².